The Kier molecular flexibility index (Phi) is 4.37. The van der Waals surface area contributed by atoms with Crippen LogP contribution in [0.25, 0.3) is 0 Å². The van der Waals surface area contributed by atoms with Gasteiger partial charge in [0.25, 0.3) is 0 Å². The summed E-state index contributed by atoms with van der Waals surface area (Å²) in [5.74, 6) is 0. The lowest BCUT2D eigenvalue weighted by Gasteiger charge is -2.29. The van der Waals surface area contributed by atoms with E-state index in [1.807, 2.05) is 0 Å². The van der Waals surface area contributed by atoms with Crippen molar-refractivity contribution in [1.29, 1.82) is 0 Å². The molecular weight excluding hydrogens is 252 g/mol. The lowest BCUT2D eigenvalue weighted by molar-refractivity contribution is -0.166. The fraction of sp³-hybridized carbons (Fsp3) is 0.800. The van der Waals surface area contributed by atoms with Gasteiger partial charge in [-0.25, -0.2) is 0 Å². The van der Waals surface area contributed by atoms with Crippen LogP contribution in [0.3, 0.4) is 0 Å². The van der Waals surface area contributed by atoms with Crippen molar-refractivity contribution in [1.82, 2.24) is 4.90 Å². The van der Waals surface area contributed by atoms with Gasteiger partial charge in [0.1, 0.15) is 13.1 Å². The van der Waals surface area contributed by atoms with E-state index in [0.717, 1.165) is 0 Å². The topological polar surface area (TPSA) is 3.24 Å². The molecule has 0 fully saturated rings. The zero-order chi connectivity index (χ0) is 11.6. The molecule has 0 aliphatic heterocycles. The molecule has 0 aromatic carbocycles. The van der Waals surface area contributed by atoms with Gasteiger partial charge in [-0.3, -0.25) is 0 Å². The van der Waals surface area contributed by atoms with Crippen LogP contribution in [-0.4, -0.2) is 34.7 Å². The highest BCUT2D eigenvalue weighted by Gasteiger charge is 2.36. The third-order valence-corrected chi connectivity index (χ3v) is 1.51. The lowest BCUT2D eigenvalue weighted by Crippen LogP contribution is -2.42. The van der Waals surface area contributed by atoms with Crippen LogP contribution in [0.4, 0.5) is 26.3 Å². The first-order valence-corrected chi connectivity index (χ1v) is 3.92. The standard InChI is InChI=1S/C5H5F6NS2/c6-4(7,8)1-12(3(13)14)2-5(9,10)11/h1-2H2,(H,13,14)/p-1. The van der Waals surface area contributed by atoms with Crippen molar-refractivity contribution < 1.29 is 26.3 Å². The zero-order valence-corrected chi connectivity index (χ0v) is 8.08. The normalized spacial score (nSPS) is 12.7. The molecule has 84 valence electrons. The first kappa shape index (κ1) is 13.7. The molecule has 14 heavy (non-hydrogen) atoms. The Bertz CT molecular complexity index is 193. The van der Waals surface area contributed by atoms with Crippen LogP contribution >= 0.6 is 12.2 Å². The molecular formula is C5H4F6NS2-. The summed E-state index contributed by atoms with van der Waals surface area (Å²) in [6.45, 7) is -3.57. The fourth-order valence-corrected chi connectivity index (χ4v) is 0.876. The molecule has 0 unspecified atom stereocenters. The van der Waals surface area contributed by atoms with Crippen molar-refractivity contribution >= 4 is 29.2 Å². The van der Waals surface area contributed by atoms with E-state index < -0.39 is 29.8 Å². The number of hydrogen-bond donors (Lipinski definition) is 0. The molecule has 0 N–H and O–H groups in total. The van der Waals surface area contributed by atoms with E-state index >= 15 is 0 Å². The second-order valence-corrected chi connectivity index (χ2v) is 3.38. The third kappa shape index (κ3) is 7.13. The van der Waals surface area contributed by atoms with Crippen LogP contribution in [0.15, 0.2) is 0 Å². The quantitative estimate of drug-likeness (QED) is 0.424. The Morgan fingerprint density at radius 2 is 1.29 bits per heavy atom. The third-order valence-electron chi connectivity index (χ3n) is 0.998. The van der Waals surface area contributed by atoms with Crippen LogP contribution in [-0.2, 0) is 12.6 Å². The molecule has 0 bridgehead atoms. The molecule has 0 aliphatic rings. The fourth-order valence-electron chi connectivity index (χ4n) is 0.618. The Morgan fingerprint density at radius 3 is 1.43 bits per heavy atom. The Hall–Kier alpha value is -0.310. The number of thiocarbonyl (C=S) groups is 1. The number of halogens is 6. The molecule has 0 spiro atoms. The maximum atomic E-state index is 11.7. The van der Waals surface area contributed by atoms with Gasteiger partial charge in [-0.1, -0.05) is 4.32 Å². The molecule has 1 nitrogen and oxygen atoms in total. The summed E-state index contributed by atoms with van der Waals surface area (Å²) in [5.41, 5.74) is 0. The van der Waals surface area contributed by atoms with E-state index in [2.05, 4.69) is 24.8 Å². The molecule has 0 aliphatic carbocycles. The molecule has 9 heteroatoms. The Morgan fingerprint density at radius 1 is 1.00 bits per heavy atom. The zero-order valence-electron chi connectivity index (χ0n) is 6.45. The number of rotatable bonds is 2. The summed E-state index contributed by atoms with van der Waals surface area (Å²) in [6, 6.07) is 0. The van der Waals surface area contributed by atoms with E-state index in [0.29, 0.717) is 0 Å². The average Bonchev–Trinajstić information content (AvgIpc) is 1.78. The summed E-state index contributed by atoms with van der Waals surface area (Å²) < 4.78 is 69.5. The van der Waals surface area contributed by atoms with E-state index in [1.54, 1.807) is 0 Å². The van der Waals surface area contributed by atoms with Gasteiger partial charge < -0.3 is 29.7 Å². The monoisotopic (exact) mass is 256 g/mol. The van der Waals surface area contributed by atoms with Crippen LogP contribution in [0, 0.1) is 0 Å². The predicted molar refractivity (Wildman–Crippen MR) is 43.6 cm³/mol. The minimum absolute atomic E-state index is 0.120. The summed E-state index contributed by atoms with van der Waals surface area (Å²) in [7, 11) is 0. The highest BCUT2D eigenvalue weighted by Crippen LogP contribution is 2.21. The summed E-state index contributed by atoms with van der Waals surface area (Å²) in [6.07, 6.45) is -9.51. The van der Waals surface area contributed by atoms with Crippen molar-refractivity contribution in [3.8, 4) is 0 Å². The predicted octanol–water partition coefficient (Wildman–Crippen LogP) is 2.24. The van der Waals surface area contributed by atoms with Crippen molar-refractivity contribution in [3.63, 3.8) is 0 Å². The van der Waals surface area contributed by atoms with Gasteiger partial charge in [0, 0.05) is 0 Å². The van der Waals surface area contributed by atoms with Crippen LogP contribution in [0.5, 0.6) is 0 Å². The van der Waals surface area contributed by atoms with Gasteiger partial charge in [-0.2, -0.15) is 26.3 Å². The molecule has 0 saturated heterocycles. The van der Waals surface area contributed by atoms with Crippen molar-refractivity contribution in [2.75, 3.05) is 13.1 Å². The molecule has 0 radical (unpaired) electrons. The van der Waals surface area contributed by atoms with Crippen LogP contribution in [0.1, 0.15) is 0 Å². The largest absolute Gasteiger partial charge is 0.411 e. The average molecular weight is 256 g/mol. The van der Waals surface area contributed by atoms with Gasteiger partial charge in [0.15, 0.2) is 0 Å². The Labute approximate surface area is 86.5 Å². The molecule has 0 saturated carbocycles. The lowest BCUT2D eigenvalue weighted by atomic mass is 10.5. The van der Waals surface area contributed by atoms with Crippen molar-refractivity contribution in [3.05, 3.63) is 0 Å². The molecule has 0 aromatic heterocycles. The maximum Gasteiger partial charge on any atom is 0.405 e. The van der Waals surface area contributed by atoms with Crippen molar-refractivity contribution in [2.24, 2.45) is 0 Å². The molecule has 0 amide bonds. The number of alkyl halides is 6. The molecule has 0 atom stereocenters. The van der Waals surface area contributed by atoms with Gasteiger partial charge in [-0.05, 0) is 0 Å². The number of nitrogens with zero attached hydrogens (tertiary/aromatic N) is 1. The molecule has 0 aromatic rings. The van der Waals surface area contributed by atoms with Gasteiger partial charge in [0.05, 0.1) is 0 Å². The van der Waals surface area contributed by atoms with Crippen LogP contribution in [0.2, 0.25) is 0 Å². The van der Waals surface area contributed by atoms with Crippen molar-refractivity contribution in [2.45, 2.75) is 12.4 Å². The van der Waals surface area contributed by atoms with Gasteiger partial charge >= 0.3 is 12.4 Å². The molecule has 0 rings (SSSR count). The summed E-state index contributed by atoms with van der Waals surface area (Å²) in [5, 5.41) is 0. The SMILES string of the molecule is FC(F)(F)CN(CC(F)(F)F)C(=S)[S-]. The maximum absolute atomic E-state index is 11.7. The second-order valence-electron chi connectivity index (χ2n) is 2.35. The van der Waals surface area contributed by atoms with E-state index in [-0.39, 0.29) is 4.90 Å². The van der Waals surface area contributed by atoms with E-state index in [1.165, 1.54) is 0 Å². The Balaban J connectivity index is 4.40. The minimum atomic E-state index is -4.76. The second kappa shape index (κ2) is 4.47. The van der Waals surface area contributed by atoms with E-state index in [9.17, 15) is 26.3 Å². The summed E-state index contributed by atoms with van der Waals surface area (Å²) in [4.78, 5) is -0.120. The highest BCUT2D eigenvalue weighted by molar-refractivity contribution is 8.00. The smallest absolute Gasteiger partial charge is 0.405 e. The highest BCUT2D eigenvalue weighted by atomic mass is 32.1. The first-order chi connectivity index (χ1) is 6.01. The first-order valence-electron chi connectivity index (χ1n) is 3.11. The summed E-state index contributed by atoms with van der Waals surface area (Å²) >= 11 is 8.19. The number of hydrogen-bond acceptors (Lipinski definition) is 2. The molecule has 0 heterocycles. The van der Waals surface area contributed by atoms with E-state index in [4.69, 9.17) is 0 Å². The van der Waals surface area contributed by atoms with Gasteiger partial charge in [-0.15, -0.1) is 0 Å². The minimum Gasteiger partial charge on any atom is -0.411 e. The van der Waals surface area contributed by atoms with Gasteiger partial charge in [0.2, 0.25) is 0 Å². The van der Waals surface area contributed by atoms with Crippen LogP contribution < -0.4 is 0 Å².